The maximum atomic E-state index is 15.2. The van der Waals surface area contributed by atoms with Gasteiger partial charge in [0.1, 0.15) is 35.9 Å². The minimum atomic E-state index is -4.24. The second-order valence-corrected chi connectivity index (χ2v) is 23.0. The molecule has 11 rings (SSSR count). The quantitative estimate of drug-likeness (QED) is 0.122. The van der Waals surface area contributed by atoms with Crippen molar-refractivity contribution in [2.45, 2.75) is 95.4 Å². The van der Waals surface area contributed by atoms with Crippen LogP contribution in [0.25, 0.3) is 16.6 Å². The van der Waals surface area contributed by atoms with Crippen LogP contribution < -0.4 is 30.1 Å². The Morgan fingerprint density at radius 2 is 1.63 bits per heavy atom. The number of alkyl halides is 1. The van der Waals surface area contributed by atoms with Crippen molar-refractivity contribution in [3.8, 4) is 23.3 Å². The molecule has 3 amide bonds. The Kier molecular flexibility index (Phi) is 13.6. The van der Waals surface area contributed by atoms with E-state index in [1.54, 1.807) is 11.0 Å². The van der Waals surface area contributed by atoms with E-state index in [4.69, 9.17) is 4.74 Å². The van der Waals surface area contributed by atoms with E-state index in [2.05, 4.69) is 42.8 Å². The molecule has 20 heteroatoms. The number of nitrogens with zero attached hydrogens (tertiary/aromatic N) is 8. The van der Waals surface area contributed by atoms with Gasteiger partial charge < -0.3 is 24.3 Å². The van der Waals surface area contributed by atoms with Crippen LogP contribution in [0.1, 0.15) is 92.1 Å². The minimum Gasteiger partial charge on any atom is -0.453 e. The molecule has 1 aliphatic carbocycles. The number of piperidine rings is 3. The van der Waals surface area contributed by atoms with Crippen LogP contribution in [0.15, 0.2) is 83.9 Å². The number of rotatable bonds is 12. The molecular formula is C55H60F2N10O7S. The summed E-state index contributed by atoms with van der Waals surface area (Å²) < 4.78 is 65.4. The molecule has 2 atom stereocenters. The Hall–Kier alpha value is -6.95. The van der Waals surface area contributed by atoms with Gasteiger partial charge in [-0.15, -0.1) is 0 Å². The predicted octanol–water partition coefficient (Wildman–Crippen LogP) is 7.03. The van der Waals surface area contributed by atoms with Gasteiger partial charge in [-0.1, -0.05) is 0 Å². The number of hydrogen-bond acceptors (Lipinski definition) is 12. The van der Waals surface area contributed by atoms with Crippen LogP contribution in [-0.2, 0) is 26.3 Å². The second-order valence-electron chi connectivity index (χ2n) is 21.3. The Morgan fingerprint density at radius 3 is 2.33 bits per heavy atom. The SMILES string of the molecule is CN(c1ccc2c(c1)CN([C@H]1CCC(=O)NC1=O)C2=O)C1CCC2(CC1)CCN(CC1CCN(c3ccc(-n4cnc5ccc(Oc6c(F)ccc(NS(=O)(=O)N7CC[C@@H](F)C7)c6C#N)cc5c4=O)cc3)CC1)CC2. The smallest absolute Gasteiger partial charge is 0.301 e. The molecule has 5 fully saturated rings. The van der Waals surface area contributed by atoms with Gasteiger partial charge in [0.15, 0.2) is 11.6 Å². The zero-order chi connectivity index (χ0) is 52.2. The van der Waals surface area contributed by atoms with Crippen LogP contribution in [0.2, 0.25) is 0 Å². The van der Waals surface area contributed by atoms with Gasteiger partial charge >= 0.3 is 10.2 Å². The fourth-order valence-corrected chi connectivity index (χ4v) is 13.6. The van der Waals surface area contributed by atoms with Crippen molar-refractivity contribution in [2.24, 2.45) is 11.3 Å². The summed E-state index contributed by atoms with van der Waals surface area (Å²) in [6.07, 6.45) is 10.1. The Balaban J connectivity index is 0.654. The molecular weight excluding hydrogens is 983 g/mol. The Morgan fingerprint density at radius 1 is 0.880 bits per heavy atom. The molecule has 0 radical (unpaired) electrons. The molecule has 6 heterocycles. The van der Waals surface area contributed by atoms with Crippen molar-refractivity contribution >= 4 is 55.9 Å². The van der Waals surface area contributed by atoms with Gasteiger partial charge in [-0.3, -0.25) is 33.8 Å². The number of fused-ring (bicyclic) bond motifs is 2. The molecule has 1 spiro atoms. The van der Waals surface area contributed by atoms with E-state index >= 15 is 4.39 Å². The van der Waals surface area contributed by atoms with E-state index in [1.807, 2.05) is 42.5 Å². The number of amides is 3. The third-order valence-electron chi connectivity index (χ3n) is 16.9. The summed E-state index contributed by atoms with van der Waals surface area (Å²) in [7, 11) is -2.08. The van der Waals surface area contributed by atoms with Crippen LogP contribution in [0.5, 0.6) is 11.5 Å². The molecule has 0 bridgehead atoms. The van der Waals surface area contributed by atoms with Gasteiger partial charge in [-0.2, -0.15) is 18.0 Å². The number of nitrogens with one attached hydrogen (secondary N) is 2. The number of anilines is 3. The van der Waals surface area contributed by atoms with E-state index in [9.17, 15) is 37.2 Å². The molecule has 75 heavy (non-hydrogen) atoms. The maximum Gasteiger partial charge on any atom is 0.301 e. The third-order valence-corrected chi connectivity index (χ3v) is 18.4. The highest BCUT2D eigenvalue weighted by Crippen LogP contribution is 2.46. The fraction of sp³-hybridized carbons (Fsp3) is 0.455. The molecule has 392 valence electrons. The molecule has 4 aromatic carbocycles. The molecule has 1 aromatic heterocycles. The van der Waals surface area contributed by atoms with Crippen molar-refractivity contribution in [1.29, 1.82) is 5.26 Å². The van der Waals surface area contributed by atoms with Gasteiger partial charge in [0, 0.05) is 75.7 Å². The Bertz CT molecular complexity index is 3270. The van der Waals surface area contributed by atoms with Crippen LogP contribution in [-0.4, -0.2) is 121 Å². The summed E-state index contributed by atoms with van der Waals surface area (Å²) in [5.41, 5.74) is 4.07. The number of nitriles is 1. The largest absolute Gasteiger partial charge is 0.453 e. The lowest BCUT2D eigenvalue weighted by Gasteiger charge is -2.48. The highest BCUT2D eigenvalue weighted by atomic mass is 32.2. The van der Waals surface area contributed by atoms with Crippen molar-refractivity contribution in [3.63, 3.8) is 0 Å². The summed E-state index contributed by atoms with van der Waals surface area (Å²) in [5, 5.41) is 12.6. The topological polar surface area (TPSA) is 194 Å². The maximum absolute atomic E-state index is 15.2. The number of carbonyl (C=O) groups excluding carboxylic acids is 3. The Labute approximate surface area is 434 Å². The lowest BCUT2D eigenvalue weighted by atomic mass is 9.66. The number of imide groups is 1. The molecule has 5 aromatic rings. The summed E-state index contributed by atoms with van der Waals surface area (Å²) in [6, 6.07) is 22.0. The van der Waals surface area contributed by atoms with Gasteiger partial charge in [0.25, 0.3) is 11.5 Å². The van der Waals surface area contributed by atoms with Crippen molar-refractivity contribution in [3.05, 3.63) is 112 Å². The summed E-state index contributed by atoms with van der Waals surface area (Å²) >= 11 is 0. The minimum absolute atomic E-state index is 0.0268. The average Bonchev–Trinajstić information content (AvgIpc) is 4.02. The van der Waals surface area contributed by atoms with Crippen LogP contribution in [0.3, 0.4) is 0 Å². The molecule has 4 saturated heterocycles. The van der Waals surface area contributed by atoms with Gasteiger partial charge in [0.2, 0.25) is 11.8 Å². The van der Waals surface area contributed by atoms with E-state index in [1.165, 1.54) is 48.7 Å². The first-order valence-electron chi connectivity index (χ1n) is 26.1. The lowest BCUT2D eigenvalue weighted by molar-refractivity contribution is -0.136. The zero-order valence-electron chi connectivity index (χ0n) is 41.8. The van der Waals surface area contributed by atoms with Gasteiger partial charge in [0.05, 0.1) is 22.3 Å². The number of halogens is 2. The van der Waals surface area contributed by atoms with Crippen LogP contribution in [0, 0.1) is 28.5 Å². The molecule has 17 nitrogen and oxygen atoms in total. The number of aromatic nitrogens is 2. The fourth-order valence-electron chi connectivity index (χ4n) is 12.3. The number of hydrogen-bond donors (Lipinski definition) is 2. The van der Waals surface area contributed by atoms with E-state index < -0.39 is 51.0 Å². The number of likely N-dealkylation sites (tertiary alicyclic amines) is 1. The molecule has 5 aliphatic heterocycles. The van der Waals surface area contributed by atoms with E-state index in [0.29, 0.717) is 47.1 Å². The highest BCUT2D eigenvalue weighted by Gasteiger charge is 2.42. The van der Waals surface area contributed by atoms with E-state index in [-0.39, 0.29) is 54.6 Å². The van der Waals surface area contributed by atoms with Crippen molar-refractivity contribution in [2.75, 3.05) is 67.4 Å². The van der Waals surface area contributed by atoms with Crippen LogP contribution in [0.4, 0.5) is 25.8 Å². The number of benzene rings is 4. The standard InChI is InChI=1S/C55H60F2N10O7S/c1-62(41-6-8-43-36(28-41)32-66(53(43)70)49-12-13-50(68)60-52(49)69)38-14-19-55(20-15-38)21-26-63(27-22-55)31-35-16-23-64(24-17-35)39-2-4-40(5-3-39)67-34-59-47-10-7-42(29-44(47)54(67)71)74-51-45(30-58)48(11-9-46(51)57)61-75(72,73)65-25-18-37(56)33-65/h2-11,28-29,34-35,37-38,49,61H,12-27,31-33H2,1H3,(H,60,68,69)/t37-,49+/m1/s1. The monoisotopic (exact) mass is 1040 g/mol. The normalized spacial score (nSPS) is 21.9. The number of carbonyl (C=O) groups is 3. The van der Waals surface area contributed by atoms with Crippen LogP contribution >= 0.6 is 0 Å². The number of ether oxygens (including phenoxy) is 1. The molecule has 1 saturated carbocycles. The van der Waals surface area contributed by atoms with E-state index in [0.717, 1.165) is 91.8 Å². The highest BCUT2D eigenvalue weighted by molar-refractivity contribution is 7.90. The van der Waals surface area contributed by atoms with Crippen molar-refractivity contribution < 1.29 is 36.3 Å². The van der Waals surface area contributed by atoms with Crippen molar-refractivity contribution in [1.82, 2.24) is 29.0 Å². The summed E-state index contributed by atoms with van der Waals surface area (Å²) in [5.74, 6) is -1.64. The zero-order valence-corrected chi connectivity index (χ0v) is 42.7. The van der Waals surface area contributed by atoms with Gasteiger partial charge in [-0.25, -0.2) is 13.8 Å². The predicted molar refractivity (Wildman–Crippen MR) is 278 cm³/mol. The molecule has 0 unspecified atom stereocenters. The third kappa shape index (κ3) is 10.0. The average molecular weight is 1040 g/mol. The molecule has 2 N–H and O–H groups in total. The first kappa shape index (κ1) is 50.2. The second kappa shape index (κ2) is 20.3. The first-order chi connectivity index (χ1) is 36.1. The summed E-state index contributed by atoms with van der Waals surface area (Å²) in [6.45, 7) is 5.28. The van der Waals surface area contributed by atoms with Gasteiger partial charge in [-0.05, 0) is 167 Å². The summed E-state index contributed by atoms with van der Waals surface area (Å²) in [4.78, 5) is 65.0. The lowest BCUT2D eigenvalue weighted by Crippen LogP contribution is -2.52. The first-order valence-corrected chi connectivity index (χ1v) is 27.5. The molecule has 6 aliphatic rings.